The highest BCUT2D eigenvalue weighted by Crippen LogP contribution is 2.30. The smallest absolute Gasteiger partial charge is 0.293 e. The van der Waals surface area contributed by atoms with E-state index < -0.39 is 0 Å². The van der Waals surface area contributed by atoms with E-state index in [1.165, 1.54) is 21.8 Å². The summed E-state index contributed by atoms with van der Waals surface area (Å²) in [6, 6.07) is 16.3. The van der Waals surface area contributed by atoms with Crippen molar-refractivity contribution in [2.75, 3.05) is 23.8 Å². The van der Waals surface area contributed by atoms with Gasteiger partial charge in [0.2, 0.25) is 5.78 Å². The third-order valence-electron chi connectivity index (χ3n) is 9.41. The molecule has 0 saturated carbocycles. The average molecular weight is 877 g/mol. The second kappa shape index (κ2) is 19.4. The van der Waals surface area contributed by atoms with Crippen molar-refractivity contribution in [3.05, 3.63) is 129 Å². The fourth-order valence-corrected chi connectivity index (χ4v) is 6.39. The first-order valence-electron chi connectivity index (χ1n) is 19.5. The van der Waals surface area contributed by atoms with Gasteiger partial charge in [0.25, 0.3) is 17.5 Å². The van der Waals surface area contributed by atoms with Gasteiger partial charge >= 0.3 is 0 Å². The summed E-state index contributed by atoms with van der Waals surface area (Å²) in [5.74, 6) is 1.66. The average Bonchev–Trinajstić information content (AvgIpc) is 4.03. The Morgan fingerprint density at radius 2 is 1.34 bits per heavy atom. The number of anilines is 4. The summed E-state index contributed by atoms with van der Waals surface area (Å²) >= 11 is 12.5. The number of aromatic nitrogens is 9. The largest absolute Gasteiger partial charge is 0.482 e. The van der Waals surface area contributed by atoms with Crippen LogP contribution < -0.4 is 20.9 Å². The Balaban J connectivity index is 0.000000187. The highest BCUT2D eigenvalue weighted by molar-refractivity contribution is 6.33. The minimum atomic E-state index is -0.271. The number of Topliss-reactive ketones (excluding diaryl/α,β-unsaturated/α-hetero) is 3. The maximum atomic E-state index is 12.8. The number of ketones is 3. The van der Waals surface area contributed by atoms with E-state index in [2.05, 4.69) is 40.8 Å². The van der Waals surface area contributed by atoms with Gasteiger partial charge in [-0.3, -0.25) is 19.2 Å². The zero-order chi connectivity index (χ0) is 43.8. The molecule has 62 heavy (non-hydrogen) atoms. The van der Waals surface area contributed by atoms with E-state index in [-0.39, 0.29) is 54.1 Å². The maximum Gasteiger partial charge on any atom is 0.293 e. The normalized spacial score (nSPS) is 11.9. The lowest BCUT2D eigenvalue weighted by molar-refractivity contribution is -0.124. The molecule has 1 aliphatic rings. The minimum absolute atomic E-state index is 0.0590. The second-order valence-electron chi connectivity index (χ2n) is 13.6. The van der Waals surface area contributed by atoms with Crippen LogP contribution in [0.3, 0.4) is 0 Å². The molecule has 0 aliphatic heterocycles. The quantitative estimate of drug-likeness (QED) is 0.104. The molecule has 0 atom stereocenters. The number of pyridine rings is 1. The van der Waals surface area contributed by atoms with Crippen LogP contribution in [-0.4, -0.2) is 74.6 Å². The lowest BCUT2D eigenvalue weighted by Crippen LogP contribution is -2.23. The van der Waals surface area contributed by atoms with Crippen molar-refractivity contribution >= 4 is 80.5 Å². The summed E-state index contributed by atoms with van der Waals surface area (Å²) in [4.78, 5) is 65.4. The first-order chi connectivity index (χ1) is 30.0. The number of fused-ring (bicyclic) bond motifs is 2. The number of allylic oxidation sites excluding steroid dienone is 1. The Kier molecular flexibility index (Phi) is 13.4. The van der Waals surface area contributed by atoms with Crippen molar-refractivity contribution < 1.29 is 23.9 Å². The van der Waals surface area contributed by atoms with Crippen LogP contribution in [0.15, 0.2) is 102 Å². The van der Waals surface area contributed by atoms with E-state index in [1.807, 2.05) is 43.3 Å². The topological polar surface area (TPSA) is 203 Å². The van der Waals surface area contributed by atoms with Crippen molar-refractivity contribution in [2.24, 2.45) is 0 Å². The highest BCUT2D eigenvalue weighted by Gasteiger charge is 2.21. The van der Waals surface area contributed by atoms with Crippen LogP contribution in [0.25, 0.3) is 28.9 Å². The minimum Gasteiger partial charge on any atom is -0.482 e. The Labute approximate surface area is 364 Å². The van der Waals surface area contributed by atoms with Crippen molar-refractivity contribution in [3.8, 4) is 17.6 Å². The molecule has 5 heterocycles. The van der Waals surface area contributed by atoms with Crippen LogP contribution in [0.5, 0.6) is 5.75 Å². The van der Waals surface area contributed by atoms with E-state index in [4.69, 9.17) is 32.7 Å². The van der Waals surface area contributed by atoms with Gasteiger partial charge in [-0.1, -0.05) is 43.1 Å². The van der Waals surface area contributed by atoms with Crippen LogP contribution in [0.2, 0.25) is 10.0 Å². The Bertz CT molecular complexity index is 2860. The molecule has 1 aliphatic carbocycles. The number of benzene rings is 2. The number of aryl methyl sites for hydroxylation is 1. The SMILES string of the molecule is CCC(=O)COC1=Cc2cc(Nc3nc(-n4cccn4)ncc3Cl)ccc2CC1=O.CCC(=O)COc1cc2cc(Nc3nc(-n4cccn4)ncc3Cl)ccc2n(CC)c1=O. The van der Waals surface area contributed by atoms with E-state index in [9.17, 15) is 19.2 Å². The second-order valence-corrected chi connectivity index (χ2v) is 14.4. The molecule has 2 aromatic carbocycles. The number of carbonyl (C=O) groups is 3. The van der Waals surface area contributed by atoms with Crippen molar-refractivity contribution in [1.29, 1.82) is 0 Å². The third kappa shape index (κ3) is 10.0. The molecule has 0 spiro atoms. The van der Waals surface area contributed by atoms with Gasteiger partial charge in [0.1, 0.15) is 23.3 Å². The molecule has 0 amide bonds. The van der Waals surface area contributed by atoms with Gasteiger partial charge < -0.3 is 24.7 Å². The summed E-state index contributed by atoms with van der Waals surface area (Å²) in [5, 5.41) is 16.1. The lowest BCUT2D eigenvalue weighted by atomic mass is 9.95. The summed E-state index contributed by atoms with van der Waals surface area (Å²) < 4.78 is 15.6. The number of halogens is 2. The first kappa shape index (κ1) is 42.9. The predicted molar refractivity (Wildman–Crippen MR) is 234 cm³/mol. The van der Waals surface area contributed by atoms with Crippen molar-refractivity contribution in [2.45, 2.75) is 46.6 Å². The Hall–Kier alpha value is -7.24. The summed E-state index contributed by atoms with van der Waals surface area (Å²) in [7, 11) is 0. The molecular weight excluding hydrogens is 837 g/mol. The molecule has 17 nitrogen and oxygen atoms in total. The summed E-state index contributed by atoms with van der Waals surface area (Å²) in [6.07, 6.45) is 12.3. The number of rotatable bonds is 15. The molecule has 0 fully saturated rings. The van der Waals surface area contributed by atoms with Crippen LogP contribution in [-0.2, 0) is 32.1 Å². The fraction of sp³-hybridized carbons (Fsp3) is 0.209. The molecule has 0 radical (unpaired) electrons. The number of carbonyl (C=O) groups excluding carboxylic acids is 3. The van der Waals surface area contributed by atoms with E-state index >= 15 is 0 Å². The van der Waals surface area contributed by atoms with E-state index in [1.54, 1.807) is 67.5 Å². The molecule has 19 heteroatoms. The van der Waals surface area contributed by atoms with Gasteiger partial charge in [-0.2, -0.15) is 20.2 Å². The zero-order valence-electron chi connectivity index (χ0n) is 33.7. The van der Waals surface area contributed by atoms with Gasteiger partial charge in [-0.15, -0.1) is 0 Å². The molecule has 316 valence electrons. The number of hydrogen-bond acceptors (Lipinski definition) is 14. The molecule has 7 aromatic rings. The fourth-order valence-electron chi connectivity index (χ4n) is 6.11. The van der Waals surface area contributed by atoms with E-state index in [0.717, 1.165) is 27.7 Å². The van der Waals surface area contributed by atoms with Gasteiger partial charge in [-0.25, -0.2) is 19.3 Å². The molecule has 0 bridgehead atoms. The van der Waals surface area contributed by atoms with Crippen molar-refractivity contribution in [3.63, 3.8) is 0 Å². The Morgan fingerprint density at radius 1 is 0.758 bits per heavy atom. The summed E-state index contributed by atoms with van der Waals surface area (Å²) in [5.41, 5.74) is 3.63. The van der Waals surface area contributed by atoms with Crippen LogP contribution in [0, 0.1) is 0 Å². The lowest BCUT2D eigenvalue weighted by Gasteiger charge is -2.17. The van der Waals surface area contributed by atoms with Gasteiger partial charge in [0.05, 0.1) is 17.9 Å². The highest BCUT2D eigenvalue weighted by atomic mass is 35.5. The summed E-state index contributed by atoms with van der Waals surface area (Å²) in [6.45, 7) is 5.62. The maximum absolute atomic E-state index is 12.8. The Morgan fingerprint density at radius 3 is 1.90 bits per heavy atom. The van der Waals surface area contributed by atoms with Crippen LogP contribution in [0.4, 0.5) is 23.0 Å². The van der Waals surface area contributed by atoms with Crippen molar-refractivity contribution in [1.82, 2.24) is 44.1 Å². The molecular formula is C43H39Cl2N11O6. The number of nitrogens with zero attached hydrogens (tertiary/aromatic N) is 9. The molecule has 2 N–H and O–H groups in total. The van der Waals surface area contributed by atoms with Crippen LogP contribution >= 0.6 is 23.2 Å². The molecule has 0 unspecified atom stereocenters. The van der Waals surface area contributed by atoms with Crippen LogP contribution in [0.1, 0.15) is 44.7 Å². The monoisotopic (exact) mass is 875 g/mol. The zero-order valence-corrected chi connectivity index (χ0v) is 35.2. The molecule has 0 saturated heterocycles. The van der Waals surface area contributed by atoms with E-state index in [0.29, 0.717) is 58.7 Å². The molecule has 8 rings (SSSR count). The number of hydrogen-bond donors (Lipinski definition) is 2. The predicted octanol–water partition coefficient (Wildman–Crippen LogP) is 7.27. The van der Waals surface area contributed by atoms with Gasteiger partial charge in [-0.05, 0) is 72.7 Å². The first-order valence-corrected chi connectivity index (χ1v) is 20.2. The number of ether oxygens (including phenoxy) is 2. The standard InChI is InChI=1S/C22H21ClN6O3.C21H18ClN5O3/c1-3-16(30)13-32-19-11-14-10-15(6-7-18(14)28(4-2)21(19)31)26-20-17(23)12-24-22(27-20)29-9-5-8-25-29;1-2-16(28)12-30-19-10-14-8-15(5-4-13(14)9-18(19)29)25-20-17(22)11-23-21(26-20)27-7-3-6-24-27/h5-12H,3-4,13H2,1-2H3,(H,24,26,27);3-8,10-11H,2,9,12H2,1H3,(H,23,25,26). The third-order valence-corrected chi connectivity index (χ3v) is 9.96. The van der Waals surface area contributed by atoms with Gasteiger partial charge in [0, 0.05) is 67.4 Å². The van der Waals surface area contributed by atoms with Gasteiger partial charge in [0.15, 0.2) is 34.7 Å². The number of nitrogens with one attached hydrogen (secondary N) is 2. The molecule has 5 aromatic heterocycles.